The van der Waals surface area contributed by atoms with Crippen molar-refractivity contribution in [3.8, 4) is 0 Å². The van der Waals surface area contributed by atoms with Crippen molar-refractivity contribution in [3.63, 3.8) is 0 Å². The fourth-order valence-electron chi connectivity index (χ4n) is 4.68. The monoisotopic (exact) mass is 482 g/mol. The maximum absolute atomic E-state index is 12.9. The summed E-state index contributed by atoms with van der Waals surface area (Å²) in [5.41, 5.74) is 5.24. The third-order valence-electron chi connectivity index (χ3n) is 6.84. The molecule has 0 radical (unpaired) electrons. The Morgan fingerprint density at radius 3 is 1.71 bits per heavy atom. The summed E-state index contributed by atoms with van der Waals surface area (Å²) in [6, 6.07) is 15.0. The summed E-state index contributed by atoms with van der Waals surface area (Å²) in [4.78, 5) is 12.9. The maximum atomic E-state index is 12.9. The number of unbranched alkanes of at least 4 members (excludes halogenated alkanes) is 9. The van der Waals surface area contributed by atoms with E-state index in [2.05, 4.69) is 63.2 Å². The summed E-state index contributed by atoms with van der Waals surface area (Å²) in [6.45, 7) is 10.5. The van der Waals surface area contributed by atoms with Crippen LogP contribution in [-0.4, -0.2) is 11.7 Å². The Labute approximate surface area is 209 Å². The van der Waals surface area contributed by atoms with E-state index in [1.807, 2.05) is 13.8 Å². The fraction of sp³-hybridized carbons (Fsp3) is 0.581. The van der Waals surface area contributed by atoms with Crippen molar-refractivity contribution in [2.24, 2.45) is 0 Å². The number of rotatable bonds is 15. The molecule has 0 fully saturated rings. The van der Waals surface area contributed by atoms with E-state index in [1.54, 1.807) is 0 Å². The van der Waals surface area contributed by atoms with Crippen molar-refractivity contribution in [2.45, 2.75) is 111 Å². The van der Waals surface area contributed by atoms with Crippen LogP contribution in [0.4, 0.5) is 0 Å². The van der Waals surface area contributed by atoms with Crippen LogP contribution in [0.3, 0.4) is 0 Å². The lowest BCUT2D eigenvalue weighted by atomic mass is 9.84. The number of carbonyl (C=O) groups is 1. The number of aryl methyl sites for hydroxylation is 3. The van der Waals surface area contributed by atoms with Crippen LogP contribution in [0.5, 0.6) is 0 Å². The molecule has 0 aromatic heterocycles. The average molecular weight is 483 g/mol. The summed E-state index contributed by atoms with van der Waals surface area (Å²) in [6.07, 6.45) is 14.1. The van der Waals surface area contributed by atoms with E-state index in [0.29, 0.717) is 11.7 Å². The van der Waals surface area contributed by atoms with Crippen LogP contribution < -0.4 is 0 Å². The molecule has 0 aliphatic heterocycles. The molecular formula is C31H47O2P. The first-order chi connectivity index (χ1) is 16.2. The van der Waals surface area contributed by atoms with Gasteiger partial charge in [-0.05, 0) is 60.8 Å². The van der Waals surface area contributed by atoms with Crippen molar-refractivity contribution in [2.75, 3.05) is 6.16 Å². The fourth-order valence-corrected chi connectivity index (χ4v) is 6.15. The van der Waals surface area contributed by atoms with Gasteiger partial charge in [0.05, 0.1) is 0 Å². The van der Waals surface area contributed by atoms with Crippen LogP contribution >= 0.6 is 7.80 Å². The van der Waals surface area contributed by atoms with Crippen LogP contribution in [0.1, 0.15) is 118 Å². The van der Waals surface area contributed by atoms with Gasteiger partial charge in [0.1, 0.15) is 7.80 Å². The minimum absolute atomic E-state index is 0.0463. The van der Waals surface area contributed by atoms with E-state index in [0.717, 1.165) is 24.0 Å². The highest BCUT2D eigenvalue weighted by Gasteiger charge is 2.22. The minimum atomic E-state index is -2.23. The van der Waals surface area contributed by atoms with Crippen molar-refractivity contribution in [1.29, 1.82) is 0 Å². The second-order valence-corrected chi connectivity index (χ2v) is 12.8. The van der Waals surface area contributed by atoms with E-state index in [-0.39, 0.29) is 10.9 Å². The first kappa shape index (κ1) is 28.6. The van der Waals surface area contributed by atoms with E-state index < -0.39 is 7.80 Å². The van der Waals surface area contributed by atoms with E-state index in [1.165, 1.54) is 68.9 Å². The van der Waals surface area contributed by atoms with Crippen LogP contribution in [0.25, 0.3) is 0 Å². The van der Waals surface area contributed by atoms with Gasteiger partial charge in [0.2, 0.25) is 5.52 Å². The third-order valence-corrected chi connectivity index (χ3v) is 8.41. The smallest absolute Gasteiger partial charge is 0.219 e. The van der Waals surface area contributed by atoms with Crippen molar-refractivity contribution >= 4 is 13.3 Å². The molecule has 0 aliphatic carbocycles. The van der Waals surface area contributed by atoms with Crippen LogP contribution in [-0.2, 0) is 16.4 Å². The van der Waals surface area contributed by atoms with Crippen LogP contribution in [0.2, 0.25) is 0 Å². The topological polar surface area (TPSA) is 34.1 Å². The van der Waals surface area contributed by atoms with E-state index in [9.17, 15) is 9.36 Å². The van der Waals surface area contributed by atoms with Crippen LogP contribution in [0, 0.1) is 13.8 Å². The Bertz CT molecular complexity index is 886. The SMILES string of the molecule is Cc1cc(C(C)(C)C)cc(C)c1C(=O)[PH](=O)CCCCCCCCCCCCc1ccccc1. The normalized spacial score (nSPS) is 12.6. The Balaban J connectivity index is 1.55. The molecule has 2 aromatic carbocycles. The molecule has 34 heavy (non-hydrogen) atoms. The second kappa shape index (κ2) is 14.7. The van der Waals surface area contributed by atoms with Gasteiger partial charge in [0, 0.05) is 11.7 Å². The summed E-state index contributed by atoms with van der Waals surface area (Å²) in [5, 5.41) is 0. The zero-order chi connectivity index (χ0) is 25.0. The Morgan fingerprint density at radius 1 is 0.735 bits per heavy atom. The molecule has 0 aliphatic rings. The molecule has 0 bridgehead atoms. The highest BCUT2D eigenvalue weighted by molar-refractivity contribution is 7.64. The molecule has 0 amide bonds. The summed E-state index contributed by atoms with van der Waals surface area (Å²) < 4.78 is 12.7. The molecule has 1 unspecified atom stereocenters. The molecule has 0 spiro atoms. The molecule has 188 valence electrons. The predicted molar refractivity (Wildman–Crippen MR) is 149 cm³/mol. The quantitative estimate of drug-likeness (QED) is 0.187. The number of hydrogen-bond donors (Lipinski definition) is 0. The molecule has 0 N–H and O–H groups in total. The average Bonchev–Trinajstić information content (AvgIpc) is 2.79. The highest BCUT2D eigenvalue weighted by Crippen LogP contribution is 2.34. The zero-order valence-electron chi connectivity index (χ0n) is 22.3. The van der Waals surface area contributed by atoms with Gasteiger partial charge in [-0.15, -0.1) is 0 Å². The first-order valence-electron chi connectivity index (χ1n) is 13.4. The summed E-state index contributed by atoms with van der Waals surface area (Å²) in [7, 11) is -2.23. The van der Waals surface area contributed by atoms with Crippen LogP contribution in [0.15, 0.2) is 42.5 Å². The van der Waals surface area contributed by atoms with Gasteiger partial charge in [-0.25, -0.2) is 0 Å². The molecule has 0 heterocycles. The molecule has 3 heteroatoms. The second-order valence-electron chi connectivity index (χ2n) is 11.0. The standard InChI is InChI=1S/C31H47O2P/c1-25-23-28(31(3,4)5)24-26(2)29(25)30(32)34(33)22-18-13-11-9-7-6-8-10-12-15-19-27-20-16-14-17-21-27/h14,16-17,20-21,23-24,34H,6-13,15,18-19,22H2,1-5H3. The van der Waals surface area contributed by atoms with Crippen molar-refractivity contribution in [3.05, 3.63) is 70.3 Å². The molecular weight excluding hydrogens is 435 g/mol. The van der Waals surface area contributed by atoms with Crippen molar-refractivity contribution in [1.82, 2.24) is 0 Å². The Kier molecular flexibility index (Phi) is 12.3. The van der Waals surface area contributed by atoms with Gasteiger partial charge in [-0.2, -0.15) is 0 Å². The molecule has 0 saturated carbocycles. The molecule has 2 nitrogen and oxygen atoms in total. The minimum Gasteiger partial charge on any atom is -0.318 e. The van der Waals surface area contributed by atoms with Gasteiger partial charge in [-0.1, -0.05) is 115 Å². The first-order valence-corrected chi connectivity index (χ1v) is 15.0. The van der Waals surface area contributed by atoms with Gasteiger partial charge in [-0.3, -0.25) is 4.79 Å². The van der Waals surface area contributed by atoms with E-state index >= 15 is 0 Å². The zero-order valence-corrected chi connectivity index (χ0v) is 23.3. The lowest BCUT2D eigenvalue weighted by molar-refractivity contribution is 0.107. The largest absolute Gasteiger partial charge is 0.318 e. The molecule has 2 rings (SSSR count). The lowest BCUT2D eigenvalue weighted by Crippen LogP contribution is -2.13. The Morgan fingerprint density at radius 2 is 1.21 bits per heavy atom. The lowest BCUT2D eigenvalue weighted by Gasteiger charge is -2.22. The summed E-state index contributed by atoms with van der Waals surface area (Å²) >= 11 is 0. The molecule has 2 aromatic rings. The van der Waals surface area contributed by atoms with Crippen molar-refractivity contribution < 1.29 is 9.36 Å². The van der Waals surface area contributed by atoms with Gasteiger partial charge in [0.25, 0.3) is 0 Å². The Hall–Kier alpha value is -1.66. The van der Waals surface area contributed by atoms with Gasteiger partial charge >= 0.3 is 0 Å². The molecule has 1 atom stereocenters. The maximum Gasteiger partial charge on any atom is 0.219 e. The molecule has 0 saturated heterocycles. The number of carbonyl (C=O) groups excluding carboxylic acids is 1. The third kappa shape index (κ3) is 9.91. The predicted octanol–water partition coefficient (Wildman–Crippen LogP) is 9.44. The van der Waals surface area contributed by atoms with Gasteiger partial charge < -0.3 is 4.57 Å². The number of benzene rings is 2. The highest BCUT2D eigenvalue weighted by atomic mass is 31.1. The number of hydrogen-bond acceptors (Lipinski definition) is 2. The summed E-state index contributed by atoms with van der Waals surface area (Å²) in [5.74, 6) is 0. The van der Waals surface area contributed by atoms with E-state index in [4.69, 9.17) is 0 Å². The van der Waals surface area contributed by atoms with Gasteiger partial charge in [0.15, 0.2) is 0 Å².